The van der Waals surface area contributed by atoms with Crippen LogP contribution in [0.5, 0.6) is 0 Å². The summed E-state index contributed by atoms with van der Waals surface area (Å²) in [6, 6.07) is 0. The summed E-state index contributed by atoms with van der Waals surface area (Å²) in [5, 5.41) is 33.2. The van der Waals surface area contributed by atoms with Crippen molar-refractivity contribution in [3.63, 3.8) is 0 Å². The Hall–Kier alpha value is -0.420. The molecule has 1 spiro atoms. The molecule has 1 aliphatic heterocycles. The zero-order valence-electron chi connectivity index (χ0n) is 22.4. The molecule has 11 atom stereocenters. The van der Waals surface area contributed by atoms with Crippen molar-refractivity contribution >= 4 is 0 Å². The van der Waals surface area contributed by atoms with Crippen molar-refractivity contribution in [1.29, 1.82) is 0 Å². The van der Waals surface area contributed by atoms with E-state index in [0.717, 1.165) is 44.9 Å². The highest BCUT2D eigenvalue weighted by Crippen LogP contribution is 2.79. The molecule has 0 aromatic rings. The summed E-state index contributed by atoms with van der Waals surface area (Å²) in [6.07, 6.45) is 12.3. The van der Waals surface area contributed by atoms with Crippen LogP contribution in [0.15, 0.2) is 12.2 Å². The molecule has 192 valence electrons. The quantitative estimate of drug-likeness (QED) is 0.464. The lowest BCUT2D eigenvalue weighted by Gasteiger charge is -2.73. The molecule has 0 aromatic heterocycles. The van der Waals surface area contributed by atoms with Gasteiger partial charge < -0.3 is 20.1 Å². The minimum absolute atomic E-state index is 0.00469. The van der Waals surface area contributed by atoms with Gasteiger partial charge in [0.05, 0.1) is 31.0 Å². The Balaban J connectivity index is 1.49. The molecular formula is C30H48O4. The van der Waals surface area contributed by atoms with Crippen LogP contribution in [-0.2, 0) is 4.74 Å². The van der Waals surface area contributed by atoms with Gasteiger partial charge in [0.2, 0.25) is 0 Å². The third-order valence-electron chi connectivity index (χ3n) is 13.7. The number of aliphatic hydroxyl groups is 3. The summed E-state index contributed by atoms with van der Waals surface area (Å²) in [4.78, 5) is 0. The molecule has 0 radical (unpaired) electrons. The van der Waals surface area contributed by atoms with Gasteiger partial charge in [-0.1, -0.05) is 53.7 Å². The van der Waals surface area contributed by atoms with E-state index in [4.69, 9.17) is 4.74 Å². The molecule has 4 heteroatoms. The Kier molecular flexibility index (Phi) is 4.73. The summed E-state index contributed by atoms with van der Waals surface area (Å²) in [7, 11) is 0. The van der Waals surface area contributed by atoms with E-state index in [1.165, 1.54) is 6.42 Å². The van der Waals surface area contributed by atoms with E-state index in [1.807, 2.05) is 0 Å². The molecule has 1 heterocycles. The Morgan fingerprint density at radius 3 is 2.29 bits per heavy atom. The number of allylic oxidation sites excluding steroid dienone is 1. The van der Waals surface area contributed by atoms with Crippen molar-refractivity contribution in [3.05, 3.63) is 12.2 Å². The fraction of sp³-hybridized carbons (Fsp3) is 0.933. The first-order valence-corrected chi connectivity index (χ1v) is 14.1. The second kappa shape index (κ2) is 6.71. The van der Waals surface area contributed by atoms with Gasteiger partial charge in [-0.25, -0.2) is 0 Å². The number of fused-ring (bicyclic) bond motifs is 4. The maximum Gasteiger partial charge on any atom is 0.0957 e. The largest absolute Gasteiger partial charge is 0.396 e. The van der Waals surface area contributed by atoms with Gasteiger partial charge in [0, 0.05) is 22.2 Å². The molecule has 1 unspecified atom stereocenters. The van der Waals surface area contributed by atoms with Gasteiger partial charge in [0.25, 0.3) is 0 Å². The van der Waals surface area contributed by atoms with Gasteiger partial charge in [0.15, 0.2) is 0 Å². The fourth-order valence-corrected chi connectivity index (χ4v) is 11.3. The summed E-state index contributed by atoms with van der Waals surface area (Å²) in [5.41, 5.74) is -0.668. The van der Waals surface area contributed by atoms with Gasteiger partial charge in [-0.15, -0.1) is 0 Å². The number of aliphatic hydroxyl groups excluding tert-OH is 3. The van der Waals surface area contributed by atoms with Crippen LogP contribution in [0.25, 0.3) is 0 Å². The van der Waals surface area contributed by atoms with Gasteiger partial charge in [-0.3, -0.25) is 0 Å². The molecule has 0 amide bonds. The Bertz CT molecular complexity index is 913. The maximum absolute atomic E-state index is 11.8. The molecule has 4 saturated carbocycles. The van der Waals surface area contributed by atoms with Crippen LogP contribution in [0.4, 0.5) is 0 Å². The number of ether oxygens (including phenoxy) is 1. The first kappa shape index (κ1) is 23.9. The lowest BCUT2D eigenvalue weighted by Crippen LogP contribution is -2.72. The average molecular weight is 473 g/mol. The zero-order valence-corrected chi connectivity index (χ0v) is 22.4. The van der Waals surface area contributed by atoms with Crippen molar-refractivity contribution < 1.29 is 20.1 Å². The van der Waals surface area contributed by atoms with Crippen molar-refractivity contribution in [2.45, 2.75) is 111 Å². The van der Waals surface area contributed by atoms with Crippen molar-refractivity contribution in [1.82, 2.24) is 0 Å². The molecule has 0 aromatic carbocycles. The van der Waals surface area contributed by atoms with Crippen LogP contribution in [0.2, 0.25) is 0 Å². The third-order valence-corrected chi connectivity index (χ3v) is 13.7. The Labute approximate surface area is 206 Å². The van der Waals surface area contributed by atoms with Crippen LogP contribution < -0.4 is 0 Å². The highest BCUT2D eigenvalue weighted by molar-refractivity contribution is 5.35. The molecule has 5 fully saturated rings. The topological polar surface area (TPSA) is 69.9 Å². The maximum atomic E-state index is 11.8. The predicted octanol–water partition coefficient (Wildman–Crippen LogP) is 5.10. The SMILES string of the molecule is CC1(C)CC[C@]23CO[C@@]4(C=C[C@@H]5[C@@]6(C)CC[C@H](O)[C@@](C)(CO)[C@@H]6CC[C@@]5(C)[C@]4(C)C[C@@H]2O)C3C1. The normalized spacial score (nSPS) is 61.7. The van der Waals surface area contributed by atoms with Crippen LogP contribution in [0.3, 0.4) is 0 Å². The second-order valence-corrected chi connectivity index (χ2v) is 15.4. The monoisotopic (exact) mass is 472 g/mol. The summed E-state index contributed by atoms with van der Waals surface area (Å²) >= 11 is 0. The van der Waals surface area contributed by atoms with Gasteiger partial charge in [0.1, 0.15) is 0 Å². The van der Waals surface area contributed by atoms with Crippen LogP contribution in [0.1, 0.15) is 92.9 Å². The highest BCUT2D eigenvalue weighted by Gasteiger charge is 2.78. The zero-order chi connectivity index (χ0) is 24.6. The van der Waals surface area contributed by atoms with E-state index < -0.39 is 11.5 Å². The van der Waals surface area contributed by atoms with E-state index in [2.05, 4.69) is 53.7 Å². The number of hydrogen-bond acceptors (Lipinski definition) is 4. The smallest absolute Gasteiger partial charge is 0.0957 e. The van der Waals surface area contributed by atoms with Gasteiger partial charge >= 0.3 is 0 Å². The summed E-state index contributed by atoms with van der Waals surface area (Å²) in [5.74, 6) is 1.01. The van der Waals surface area contributed by atoms with E-state index in [0.29, 0.717) is 24.4 Å². The van der Waals surface area contributed by atoms with Crippen LogP contribution in [-0.4, -0.2) is 46.3 Å². The Morgan fingerprint density at radius 1 is 0.853 bits per heavy atom. The van der Waals surface area contributed by atoms with Gasteiger partial charge in [-0.05, 0) is 79.4 Å². The average Bonchev–Trinajstić information content (AvgIpc) is 3.04. The standard InChI is InChI=1S/C30H48O4/c1-24(2)13-14-29-18-34-30(21(29)15-24)12-8-20-25(3)10-9-22(32)26(4,17-31)19(25)7-11-27(20,5)28(30,6)16-23(29)33/h8,12,19-23,31-33H,7,9-11,13-18H2,1-6H3/t19-,20-,21?,22+,23+,25+,26+,27-,28+,29-,30+/m1/s1. The molecular weight excluding hydrogens is 424 g/mol. The van der Waals surface area contributed by atoms with E-state index in [1.54, 1.807) is 0 Å². The van der Waals surface area contributed by atoms with E-state index in [-0.39, 0.29) is 45.4 Å². The summed E-state index contributed by atoms with van der Waals surface area (Å²) in [6.45, 7) is 15.1. The van der Waals surface area contributed by atoms with Crippen molar-refractivity contribution in [3.8, 4) is 0 Å². The molecule has 2 bridgehead atoms. The predicted molar refractivity (Wildman–Crippen MR) is 133 cm³/mol. The third kappa shape index (κ3) is 2.42. The lowest BCUT2D eigenvalue weighted by molar-refractivity contribution is -0.259. The molecule has 4 nitrogen and oxygen atoms in total. The van der Waals surface area contributed by atoms with Crippen LogP contribution >= 0.6 is 0 Å². The van der Waals surface area contributed by atoms with Crippen molar-refractivity contribution in [2.75, 3.05) is 13.2 Å². The summed E-state index contributed by atoms with van der Waals surface area (Å²) < 4.78 is 7.01. The van der Waals surface area contributed by atoms with Crippen LogP contribution in [0, 0.1) is 50.2 Å². The molecule has 34 heavy (non-hydrogen) atoms. The second-order valence-electron chi connectivity index (χ2n) is 15.4. The number of hydrogen-bond donors (Lipinski definition) is 3. The van der Waals surface area contributed by atoms with E-state index in [9.17, 15) is 15.3 Å². The fourth-order valence-electron chi connectivity index (χ4n) is 11.3. The van der Waals surface area contributed by atoms with E-state index >= 15 is 0 Å². The minimum Gasteiger partial charge on any atom is -0.396 e. The first-order chi connectivity index (χ1) is 15.7. The molecule has 3 N–H and O–H groups in total. The van der Waals surface area contributed by atoms with Gasteiger partial charge in [-0.2, -0.15) is 0 Å². The molecule has 6 rings (SSSR count). The minimum atomic E-state index is -0.448. The Morgan fingerprint density at radius 2 is 1.59 bits per heavy atom. The molecule has 6 aliphatic rings. The van der Waals surface area contributed by atoms with Crippen molar-refractivity contribution in [2.24, 2.45) is 50.2 Å². The molecule has 5 aliphatic carbocycles. The lowest BCUT2D eigenvalue weighted by atomic mass is 9.32. The number of rotatable bonds is 1. The highest BCUT2D eigenvalue weighted by atomic mass is 16.5. The molecule has 1 saturated heterocycles. The first-order valence-electron chi connectivity index (χ1n) is 14.1.